The van der Waals surface area contributed by atoms with Crippen LogP contribution in [0.15, 0.2) is 59.1 Å². The third-order valence-electron chi connectivity index (χ3n) is 11.5. The first-order chi connectivity index (χ1) is 26.4. The number of amides is 2. The number of methoxy groups -OCH3 is 2. The van der Waals surface area contributed by atoms with Gasteiger partial charge in [-0.05, 0) is 85.4 Å². The van der Waals surface area contributed by atoms with Crippen molar-refractivity contribution in [1.82, 2.24) is 14.5 Å². The number of rotatable bonds is 7. The molecule has 294 valence electrons. The summed E-state index contributed by atoms with van der Waals surface area (Å²) >= 11 is 6.46. The Bertz CT molecular complexity index is 2110. The van der Waals surface area contributed by atoms with Crippen LogP contribution in [-0.4, -0.2) is 90.6 Å². The first-order valence-corrected chi connectivity index (χ1v) is 20.8. The highest BCUT2D eigenvalue weighted by Crippen LogP contribution is 2.47. The second-order valence-corrected chi connectivity index (χ2v) is 17.6. The Morgan fingerprint density at radius 2 is 1.98 bits per heavy atom. The fourth-order valence-corrected chi connectivity index (χ4v) is 10.7. The lowest BCUT2D eigenvalue weighted by Crippen LogP contribution is -2.49. The molecule has 0 unspecified atom stereocenters. The van der Waals surface area contributed by atoms with Crippen molar-refractivity contribution in [2.45, 2.75) is 56.7 Å². The zero-order valence-electron chi connectivity index (χ0n) is 31.6. The Balaban J connectivity index is 1.33. The highest BCUT2D eigenvalue weighted by molar-refractivity contribution is 7.92. The second kappa shape index (κ2) is 16.1. The normalized spacial score (nSPS) is 29.7. The molecule has 3 aromatic rings. The average Bonchev–Trinajstić information content (AvgIpc) is 3.47. The molecule has 2 amide bonds. The summed E-state index contributed by atoms with van der Waals surface area (Å²) in [4.78, 5) is 41.6. The molecule has 2 aliphatic heterocycles. The van der Waals surface area contributed by atoms with Crippen LogP contribution in [0.5, 0.6) is 11.6 Å². The fourth-order valence-electron chi connectivity index (χ4n) is 8.67. The van der Waals surface area contributed by atoms with Crippen molar-refractivity contribution in [1.29, 1.82) is 0 Å². The molecule has 3 heterocycles. The number of hydrogen-bond donors (Lipinski definition) is 1. The predicted octanol–water partition coefficient (Wildman–Crippen LogP) is 5.34. The van der Waals surface area contributed by atoms with Crippen LogP contribution in [0, 0.1) is 17.8 Å². The third kappa shape index (κ3) is 8.05. The van der Waals surface area contributed by atoms with E-state index in [1.165, 1.54) is 29.1 Å². The van der Waals surface area contributed by atoms with Crippen molar-refractivity contribution in [3.05, 3.63) is 82.0 Å². The van der Waals surface area contributed by atoms with E-state index >= 15 is 0 Å². The largest absolute Gasteiger partial charge is 0.490 e. The minimum atomic E-state index is -3.82. The van der Waals surface area contributed by atoms with Gasteiger partial charge in [0.2, 0.25) is 5.88 Å². The summed E-state index contributed by atoms with van der Waals surface area (Å²) in [6.45, 7) is 3.37. The number of hydrogen-bond acceptors (Lipinski definition) is 10. The fraction of sp³-hybridized carbons (Fsp3) is 0.500. The highest BCUT2D eigenvalue weighted by Gasteiger charge is 2.44. The molecule has 1 N–H and O–H groups in total. The molecule has 1 fully saturated rings. The molecule has 7 rings (SSSR count). The van der Waals surface area contributed by atoms with Crippen LogP contribution >= 0.6 is 11.6 Å². The molecule has 55 heavy (non-hydrogen) atoms. The van der Waals surface area contributed by atoms with Crippen LogP contribution in [0.4, 0.5) is 5.69 Å². The Kier molecular flexibility index (Phi) is 11.4. The van der Waals surface area contributed by atoms with Gasteiger partial charge >= 0.3 is 0 Å². The number of nitrogens with zero attached hydrogens (tertiary/aromatic N) is 4. The lowest BCUT2D eigenvalue weighted by Gasteiger charge is -2.46. The summed E-state index contributed by atoms with van der Waals surface area (Å²) in [5.41, 5.74) is 3.12. The number of carbonyl (C=O) groups excluding carboxylic acids is 3. The first kappa shape index (κ1) is 39.0. The molecule has 2 bridgehead atoms. The van der Waals surface area contributed by atoms with Crippen molar-refractivity contribution in [3.8, 4) is 11.6 Å². The zero-order valence-corrected chi connectivity index (χ0v) is 33.1. The van der Waals surface area contributed by atoms with E-state index in [4.69, 9.17) is 30.5 Å². The van der Waals surface area contributed by atoms with E-state index in [1.807, 2.05) is 18.2 Å². The molecule has 1 spiro atoms. The summed E-state index contributed by atoms with van der Waals surface area (Å²) in [5, 5.41) is 4.85. The summed E-state index contributed by atoms with van der Waals surface area (Å²) < 4.78 is 47.0. The quantitative estimate of drug-likeness (QED) is 0.245. The van der Waals surface area contributed by atoms with Gasteiger partial charge in [0.15, 0.2) is 0 Å². The van der Waals surface area contributed by atoms with Crippen LogP contribution < -0.4 is 19.1 Å². The molecule has 2 aromatic carbocycles. The molecule has 7 atom stereocenters. The molecule has 1 saturated carbocycles. The van der Waals surface area contributed by atoms with E-state index < -0.39 is 33.8 Å². The maximum atomic E-state index is 14.9. The molecular formula is C40H48ClN5O8S. The van der Waals surface area contributed by atoms with Crippen LogP contribution in [0.25, 0.3) is 0 Å². The number of benzene rings is 2. The maximum Gasteiger partial charge on any atom is 0.286 e. The van der Waals surface area contributed by atoms with E-state index in [0.29, 0.717) is 36.8 Å². The van der Waals surface area contributed by atoms with Crippen molar-refractivity contribution in [2.24, 2.45) is 29.2 Å². The molecule has 15 heteroatoms. The third-order valence-corrected chi connectivity index (χ3v) is 13.7. The van der Waals surface area contributed by atoms with E-state index in [9.17, 15) is 18.6 Å². The van der Waals surface area contributed by atoms with Crippen molar-refractivity contribution in [3.63, 3.8) is 0 Å². The van der Waals surface area contributed by atoms with Crippen molar-refractivity contribution < 1.29 is 37.5 Å². The molecule has 2 aliphatic carbocycles. The number of aldehydes is 1. The smallest absolute Gasteiger partial charge is 0.286 e. The molecular weight excluding hydrogens is 746 g/mol. The Morgan fingerprint density at radius 3 is 2.73 bits per heavy atom. The van der Waals surface area contributed by atoms with Gasteiger partial charge in [0, 0.05) is 55.4 Å². The Morgan fingerprint density at radius 1 is 1.16 bits per heavy atom. The SMILES string of the molecule is COc1nn(C)cc1C(=O)N[S@@]1(=O)=NC(=O)c2ccc3c(c2)N(C[C@@H]2CC[C@H]2[C@@H](OC)/C=C/[C@H](OCC=O)[C@H](C)C1)C[C@@]1(CCCc2cc(Cl)ccc21)CO3. The number of halogens is 1. The monoisotopic (exact) mass is 793 g/mol. The van der Waals surface area contributed by atoms with Crippen molar-refractivity contribution >= 4 is 45.3 Å². The van der Waals surface area contributed by atoms with Gasteiger partial charge in [-0.3, -0.25) is 19.0 Å². The molecule has 1 aromatic heterocycles. The van der Waals surface area contributed by atoms with Gasteiger partial charge < -0.3 is 28.6 Å². The predicted molar refractivity (Wildman–Crippen MR) is 208 cm³/mol. The van der Waals surface area contributed by atoms with E-state index in [1.54, 1.807) is 39.3 Å². The summed E-state index contributed by atoms with van der Waals surface area (Å²) in [6, 6.07) is 11.3. The minimum Gasteiger partial charge on any atom is -0.490 e. The van der Waals surface area contributed by atoms with Gasteiger partial charge in [-0.1, -0.05) is 36.7 Å². The van der Waals surface area contributed by atoms with Crippen LogP contribution in [0.1, 0.15) is 64.4 Å². The molecule has 0 saturated heterocycles. The summed E-state index contributed by atoms with van der Waals surface area (Å²) in [6.07, 6.45) is 9.72. The zero-order chi connectivity index (χ0) is 38.9. The number of carbonyl (C=O) groups is 3. The molecule has 13 nitrogen and oxygen atoms in total. The number of aromatic nitrogens is 2. The second-order valence-electron chi connectivity index (χ2n) is 15.2. The van der Waals surface area contributed by atoms with Gasteiger partial charge in [0.1, 0.15) is 34.1 Å². The molecule has 4 aliphatic rings. The number of anilines is 1. The highest BCUT2D eigenvalue weighted by atomic mass is 35.5. The first-order valence-electron chi connectivity index (χ1n) is 18.7. The standard InChI is InChI=1S/C40H48ClN5O8S/c1-25-22-55(50,44-38(49)31-21-45(2)42-39(31)52-4)43-37(48)27-8-12-36-33(19-27)46(20-28-7-10-30(28)35(51-3)14-13-34(25)53-17-16-47)23-40(24-54-36)15-5-6-26-18-29(41)9-11-32(26)40/h8-9,11-14,16,18-19,21,25,28,30,34-35H,5-7,10,15,17,20,22-24H2,1-4H3,(H,43,44,48,49,50)/b14-13+/t25-,28+,30-,34+,35+,40+,55+/m1/s1. The van der Waals surface area contributed by atoms with Crippen LogP contribution in [0.3, 0.4) is 0 Å². The van der Waals surface area contributed by atoms with Gasteiger partial charge in [-0.25, -0.2) is 4.21 Å². The van der Waals surface area contributed by atoms with E-state index in [0.717, 1.165) is 37.8 Å². The molecule has 0 radical (unpaired) electrons. The van der Waals surface area contributed by atoms with Crippen LogP contribution in [0.2, 0.25) is 5.02 Å². The minimum absolute atomic E-state index is 0.0258. The van der Waals surface area contributed by atoms with Crippen molar-refractivity contribution in [2.75, 3.05) is 51.2 Å². The number of fused-ring (bicyclic) bond motifs is 4. The summed E-state index contributed by atoms with van der Waals surface area (Å²) in [7, 11) is 0.863. The Hall–Kier alpha value is -4.24. The average molecular weight is 794 g/mol. The number of nitrogens with one attached hydrogen (secondary N) is 1. The van der Waals surface area contributed by atoms with Gasteiger partial charge in [-0.2, -0.15) is 0 Å². The number of aryl methyl sites for hydroxylation is 2. The number of ether oxygens (including phenoxy) is 4. The van der Waals surface area contributed by atoms with E-state index in [2.05, 4.69) is 31.2 Å². The Labute approximate surface area is 327 Å². The van der Waals surface area contributed by atoms with Gasteiger partial charge in [-0.15, -0.1) is 9.46 Å². The van der Waals surface area contributed by atoms with Crippen LogP contribution in [-0.2, 0) is 43.1 Å². The van der Waals surface area contributed by atoms with Gasteiger partial charge in [0.25, 0.3) is 11.8 Å². The van der Waals surface area contributed by atoms with Gasteiger partial charge in [0.05, 0.1) is 37.4 Å². The lowest BCUT2D eigenvalue weighted by atomic mass is 9.68. The summed E-state index contributed by atoms with van der Waals surface area (Å²) in [5.74, 6) is -1.23. The topological polar surface area (TPSA) is 151 Å². The van der Waals surface area contributed by atoms with E-state index in [-0.39, 0.29) is 52.7 Å². The maximum absolute atomic E-state index is 14.9. The lowest BCUT2D eigenvalue weighted by molar-refractivity contribution is -0.113.